The van der Waals surface area contributed by atoms with Crippen LogP contribution in [0.3, 0.4) is 0 Å². The van der Waals surface area contributed by atoms with E-state index in [0.29, 0.717) is 6.54 Å². The molecular weight excluding hydrogens is 370 g/mol. The Hall–Kier alpha value is -2.80. The summed E-state index contributed by atoms with van der Waals surface area (Å²) in [6, 6.07) is 18.1. The van der Waals surface area contributed by atoms with Crippen LogP contribution in [0.15, 0.2) is 64.5 Å². The fourth-order valence-corrected chi connectivity index (χ4v) is 4.31. The molecule has 144 valence electrons. The third kappa shape index (κ3) is 3.89. The van der Waals surface area contributed by atoms with E-state index < -0.39 is 0 Å². The molecule has 0 atom stereocenters. The van der Waals surface area contributed by atoms with Gasteiger partial charge in [0.15, 0.2) is 5.16 Å². The van der Waals surface area contributed by atoms with Crippen molar-refractivity contribution in [2.75, 3.05) is 5.75 Å². The second-order valence-corrected chi connectivity index (χ2v) is 7.67. The molecule has 0 fully saturated rings. The fourth-order valence-electron chi connectivity index (χ4n) is 3.37. The number of thioether (sulfide) groups is 1. The summed E-state index contributed by atoms with van der Waals surface area (Å²) in [6.07, 6.45) is 1.67. The van der Waals surface area contributed by atoms with E-state index >= 15 is 0 Å². The summed E-state index contributed by atoms with van der Waals surface area (Å²) >= 11 is 1.70. The number of benzene rings is 2. The first-order valence-electron chi connectivity index (χ1n) is 9.52. The Morgan fingerprint density at radius 3 is 2.61 bits per heavy atom. The fraction of sp³-hybridized carbons (Fsp3) is 0.286. The molecule has 4 aromatic rings. The molecule has 0 aliphatic rings. The van der Waals surface area contributed by atoms with Gasteiger partial charge in [-0.25, -0.2) is 4.79 Å². The van der Waals surface area contributed by atoms with Crippen LogP contribution in [0.5, 0.6) is 0 Å². The number of H-pyrrole nitrogens is 1. The Morgan fingerprint density at radius 2 is 1.79 bits per heavy atom. The van der Waals surface area contributed by atoms with Crippen LogP contribution in [-0.2, 0) is 19.5 Å². The van der Waals surface area contributed by atoms with Gasteiger partial charge in [0, 0.05) is 25.3 Å². The number of aromatic amines is 1. The van der Waals surface area contributed by atoms with Crippen LogP contribution in [-0.4, -0.2) is 30.1 Å². The number of fused-ring (bicyclic) bond motifs is 1. The number of aryl methyl sites for hydroxylation is 1. The van der Waals surface area contributed by atoms with E-state index in [0.717, 1.165) is 47.2 Å². The maximum atomic E-state index is 12.2. The minimum absolute atomic E-state index is 0.0481. The molecule has 28 heavy (non-hydrogen) atoms. The van der Waals surface area contributed by atoms with Gasteiger partial charge in [0.25, 0.3) is 0 Å². The molecule has 0 saturated heterocycles. The van der Waals surface area contributed by atoms with E-state index in [1.54, 1.807) is 16.3 Å². The SMILES string of the molecule is CCn1c(Cc2ccccc2)nnc1SCCCn1c(=O)[nH]c2ccccc21. The van der Waals surface area contributed by atoms with Crippen LogP contribution < -0.4 is 5.69 Å². The monoisotopic (exact) mass is 393 g/mol. The van der Waals surface area contributed by atoms with Crippen molar-refractivity contribution in [3.63, 3.8) is 0 Å². The van der Waals surface area contributed by atoms with Crippen molar-refractivity contribution in [2.24, 2.45) is 0 Å². The number of nitrogens with one attached hydrogen (secondary N) is 1. The Bertz CT molecular complexity index is 1110. The summed E-state index contributed by atoms with van der Waals surface area (Å²) in [7, 11) is 0. The number of rotatable bonds is 8. The van der Waals surface area contributed by atoms with Gasteiger partial charge in [-0.05, 0) is 31.0 Å². The van der Waals surface area contributed by atoms with Crippen LogP contribution in [0.2, 0.25) is 0 Å². The van der Waals surface area contributed by atoms with Crippen molar-refractivity contribution in [2.45, 2.75) is 38.0 Å². The van der Waals surface area contributed by atoms with E-state index in [2.05, 4.69) is 38.8 Å². The average Bonchev–Trinajstić information content (AvgIpc) is 3.25. The number of aromatic nitrogens is 5. The minimum Gasteiger partial charge on any atom is -0.306 e. The van der Waals surface area contributed by atoms with Gasteiger partial charge in [0.05, 0.1) is 11.0 Å². The van der Waals surface area contributed by atoms with Crippen LogP contribution in [0.1, 0.15) is 24.7 Å². The summed E-state index contributed by atoms with van der Waals surface area (Å²) in [5.74, 6) is 1.87. The van der Waals surface area contributed by atoms with Crippen molar-refractivity contribution in [1.29, 1.82) is 0 Å². The smallest absolute Gasteiger partial charge is 0.306 e. The molecule has 7 heteroatoms. The highest BCUT2D eigenvalue weighted by Crippen LogP contribution is 2.20. The van der Waals surface area contributed by atoms with Gasteiger partial charge < -0.3 is 9.55 Å². The van der Waals surface area contributed by atoms with Crippen molar-refractivity contribution < 1.29 is 0 Å². The first-order valence-corrected chi connectivity index (χ1v) is 10.5. The topological polar surface area (TPSA) is 68.5 Å². The summed E-state index contributed by atoms with van der Waals surface area (Å²) in [5, 5.41) is 9.73. The molecule has 1 N–H and O–H groups in total. The lowest BCUT2D eigenvalue weighted by atomic mass is 10.1. The van der Waals surface area contributed by atoms with Crippen LogP contribution in [0, 0.1) is 0 Å². The molecule has 4 rings (SSSR count). The molecule has 0 saturated carbocycles. The van der Waals surface area contributed by atoms with Crippen molar-refractivity contribution >= 4 is 22.8 Å². The molecule has 2 heterocycles. The summed E-state index contributed by atoms with van der Waals surface area (Å²) in [5.41, 5.74) is 3.03. The van der Waals surface area contributed by atoms with Gasteiger partial charge in [-0.1, -0.05) is 54.2 Å². The van der Waals surface area contributed by atoms with E-state index in [4.69, 9.17) is 0 Å². The lowest BCUT2D eigenvalue weighted by Gasteiger charge is -2.08. The maximum Gasteiger partial charge on any atom is 0.326 e. The first-order chi connectivity index (χ1) is 13.8. The lowest BCUT2D eigenvalue weighted by Crippen LogP contribution is -2.17. The van der Waals surface area contributed by atoms with Gasteiger partial charge in [-0.2, -0.15) is 0 Å². The number of nitrogens with zero attached hydrogens (tertiary/aromatic N) is 4. The van der Waals surface area contributed by atoms with E-state index in [-0.39, 0.29) is 5.69 Å². The third-order valence-corrected chi connectivity index (χ3v) is 5.81. The molecule has 0 amide bonds. The number of hydrogen-bond donors (Lipinski definition) is 1. The molecule has 2 aromatic heterocycles. The number of imidazole rings is 1. The number of para-hydroxylation sites is 2. The minimum atomic E-state index is -0.0481. The number of hydrogen-bond acceptors (Lipinski definition) is 4. The van der Waals surface area contributed by atoms with Crippen LogP contribution in [0.25, 0.3) is 11.0 Å². The summed E-state index contributed by atoms with van der Waals surface area (Å²) in [6.45, 7) is 3.65. The summed E-state index contributed by atoms with van der Waals surface area (Å²) in [4.78, 5) is 15.1. The molecule has 0 radical (unpaired) electrons. The van der Waals surface area contributed by atoms with Crippen LogP contribution in [0.4, 0.5) is 0 Å². The molecule has 0 aliphatic heterocycles. The molecule has 0 unspecified atom stereocenters. The Morgan fingerprint density at radius 1 is 1.00 bits per heavy atom. The Kier molecular flexibility index (Phi) is 5.62. The van der Waals surface area contributed by atoms with Gasteiger partial charge in [-0.3, -0.25) is 4.57 Å². The molecule has 2 aromatic carbocycles. The normalized spacial score (nSPS) is 11.3. The van der Waals surface area contributed by atoms with Crippen molar-refractivity contribution in [1.82, 2.24) is 24.3 Å². The molecule has 0 aliphatic carbocycles. The molecule has 6 nitrogen and oxygen atoms in total. The van der Waals surface area contributed by atoms with Gasteiger partial charge in [-0.15, -0.1) is 10.2 Å². The predicted octanol–water partition coefficient (Wildman–Crippen LogP) is 3.71. The largest absolute Gasteiger partial charge is 0.326 e. The first kappa shape index (κ1) is 18.6. The second-order valence-electron chi connectivity index (χ2n) is 6.61. The zero-order valence-corrected chi connectivity index (χ0v) is 16.7. The summed E-state index contributed by atoms with van der Waals surface area (Å²) < 4.78 is 3.98. The average molecular weight is 394 g/mol. The lowest BCUT2D eigenvalue weighted by molar-refractivity contribution is 0.648. The standard InChI is InChI=1S/C21H23N5OS/c1-2-25-19(15-16-9-4-3-5-10-16)23-24-21(25)28-14-8-13-26-18-12-7-6-11-17(18)22-20(26)27/h3-7,9-12H,2,8,13-15H2,1H3,(H,22,27). The van der Waals surface area contributed by atoms with E-state index in [9.17, 15) is 4.79 Å². The highest BCUT2D eigenvalue weighted by atomic mass is 32.2. The quantitative estimate of drug-likeness (QED) is 0.366. The second kappa shape index (κ2) is 8.48. The molecule has 0 spiro atoms. The third-order valence-electron chi connectivity index (χ3n) is 4.75. The van der Waals surface area contributed by atoms with Gasteiger partial charge >= 0.3 is 5.69 Å². The van der Waals surface area contributed by atoms with Gasteiger partial charge in [0.2, 0.25) is 0 Å². The highest BCUT2D eigenvalue weighted by molar-refractivity contribution is 7.99. The zero-order chi connectivity index (χ0) is 19.3. The highest BCUT2D eigenvalue weighted by Gasteiger charge is 2.12. The van der Waals surface area contributed by atoms with Crippen LogP contribution >= 0.6 is 11.8 Å². The van der Waals surface area contributed by atoms with Crippen molar-refractivity contribution in [3.05, 3.63) is 76.5 Å². The zero-order valence-electron chi connectivity index (χ0n) is 15.8. The maximum absolute atomic E-state index is 12.2. The predicted molar refractivity (Wildman–Crippen MR) is 113 cm³/mol. The van der Waals surface area contributed by atoms with E-state index in [1.807, 2.05) is 42.5 Å². The Balaban J connectivity index is 1.38. The molecular formula is C21H23N5OS. The van der Waals surface area contributed by atoms with Crippen molar-refractivity contribution in [3.8, 4) is 0 Å². The van der Waals surface area contributed by atoms with Gasteiger partial charge in [0.1, 0.15) is 5.82 Å². The van der Waals surface area contributed by atoms with E-state index in [1.165, 1.54) is 5.56 Å². The Labute approximate surface area is 167 Å². The molecule has 0 bridgehead atoms.